The molecule has 0 radical (unpaired) electrons. The van der Waals surface area contributed by atoms with Crippen LogP contribution in [0.4, 0.5) is 0 Å². The Morgan fingerprint density at radius 3 is 2.76 bits per heavy atom. The molecule has 2 rings (SSSR count). The zero-order valence-electron chi connectivity index (χ0n) is 10.0. The molecule has 0 saturated heterocycles. The lowest BCUT2D eigenvalue weighted by Crippen LogP contribution is -2.15. The number of rotatable bonds is 2. The molecular weight excluding hydrogens is 214 g/mol. The molecule has 0 aliphatic rings. The van der Waals surface area contributed by atoms with Gasteiger partial charge in [0.05, 0.1) is 16.7 Å². The topological polar surface area (TPSA) is 74.5 Å². The number of hydrogen-bond acceptors (Lipinski definition) is 3. The molecule has 17 heavy (non-hydrogen) atoms. The molecule has 5 nitrogen and oxygen atoms in total. The van der Waals surface area contributed by atoms with E-state index in [4.69, 9.17) is 5.53 Å². The van der Waals surface area contributed by atoms with Crippen molar-refractivity contribution in [3.8, 4) is 0 Å². The lowest BCUT2D eigenvalue weighted by molar-refractivity contribution is 0.536. The SMILES string of the molecule is Cc1cccc2c(C(C)(C)N=[N+]=[N-])ncnc12. The van der Waals surface area contributed by atoms with Gasteiger partial charge in [0, 0.05) is 10.3 Å². The fraction of sp³-hybridized carbons (Fsp3) is 0.333. The largest absolute Gasteiger partial charge is 0.240 e. The maximum absolute atomic E-state index is 8.60. The average Bonchev–Trinajstić information content (AvgIpc) is 2.29. The van der Waals surface area contributed by atoms with E-state index in [0.29, 0.717) is 0 Å². The van der Waals surface area contributed by atoms with E-state index in [1.807, 2.05) is 39.0 Å². The zero-order valence-corrected chi connectivity index (χ0v) is 10.0. The Labute approximate surface area is 99.1 Å². The summed E-state index contributed by atoms with van der Waals surface area (Å²) in [4.78, 5) is 11.4. The predicted molar refractivity (Wildman–Crippen MR) is 66.4 cm³/mol. The molecule has 0 aliphatic carbocycles. The summed E-state index contributed by atoms with van der Waals surface area (Å²) in [6.45, 7) is 5.69. The monoisotopic (exact) mass is 227 g/mol. The zero-order chi connectivity index (χ0) is 12.5. The molecule has 0 N–H and O–H groups in total. The van der Waals surface area contributed by atoms with Crippen molar-refractivity contribution in [1.82, 2.24) is 9.97 Å². The van der Waals surface area contributed by atoms with E-state index in [9.17, 15) is 0 Å². The second-order valence-electron chi connectivity index (χ2n) is 4.44. The predicted octanol–water partition coefficient (Wildman–Crippen LogP) is 3.48. The van der Waals surface area contributed by atoms with Crippen molar-refractivity contribution in [2.75, 3.05) is 0 Å². The van der Waals surface area contributed by atoms with Crippen LogP contribution < -0.4 is 0 Å². The third kappa shape index (κ3) is 1.92. The van der Waals surface area contributed by atoms with Crippen molar-refractivity contribution in [2.45, 2.75) is 26.3 Å². The Morgan fingerprint density at radius 1 is 1.29 bits per heavy atom. The van der Waals surface area contributed by atoms with Crippen LogP contribution in [0.1, 0.15) is 25.1 Å². The molecule has 0 aliphatic heterocycles. The molecule has 1 aromatic carbocycles. The van der Waals surface area contributed by atoms with Gasteiger partial charge in [-0.3, -0.25) is 0 Å². The summed E-state index contributed by atoms with van der Waals surface area (Å²) in [6, 6.07) is 5.91. The van der Waals surface area contributed by atoms with Gasteiger partial charge < -0.3 is 0 Å². The first-order chi connectivity index (χ1) is 8.06. The van der Waals surface area contributed by atoms with Crippen LogP contribution in [-0.2, 0) is 5.54 Å². The van der Waals surface area contributed by atoms with Gasteiger partial charge in [-0.25, -0.2) is 9.97 Å². The first-order valence-electron chi connectivity index (χ1n) is 5.33. The van der Waals surface area contributed by atoms with Crippen molar-refractivity contribution in [3.05, 3.63) is 46.2 Å². The van der Waals surface area contributed by atoms with Crippen LogP contribution in [-0.4, -0.2) is 9.97 Å². The number of nitrogens with zero attached hydrogens (tertiary/aromatic N) is 5. The highest BCUT2D eigenvalue weighted by atomic mass is 15.2. The Hall–Kier alpha value is -2.13. The highest BCUT2D eigenvalue weighted by Crippen LogP contribution is 2.29. The van der Waals surface area contributed by atoms with Crippen molar-refractivity contribution in [1.29, 1.82) is 0 Å². The quantitative estimate of drug-likeness (QED) is 0.447. The highest BCUT2D eigenvalue weighted by molar-refractivity contribution is 5.84. The molecule has 0 spiro atoms. The van der Waals surface area contributed by atoms with E-state index in [1.54, 1.807) is 0 Å². The third-order valence-corrected chi connectivity index (χ3v) is 2.74. The standard InChI is InChI=1S/C12H13N5/c1-8-5-4-6-9-10(8)14-7-15-11(9)12(2,3)16-17-13/h4-7H,1-3H3. The molecule has 0 amide bonds. The smallest absolute Gasteiger partial charge is 0.116 e. The van der Waals surface area contributed by atoms with Gasteiger partial charge in [0.1, 0.15) is 6.33 Å². The van der Waals surface area contributed by atoms with Crippen molar-refractivity contribution >= 4 is 10.9 Å². The second kappa shape index (κ2) is 4.03. The van der Waals surface area contributed by atoms with E-state index in [0.717, 1.165) is 22.2 Å². The van der Waals surface area contributed by atoms with Crippen LogP contribution in [0.5, 0.6) is 0 Å². The van der Waals surface area contributed by atoms with Gasteiger partial charge in [-0.2, -0.15) is 0 Å². The summed E-state index contributed by atoms with van der Waals surface area (Å²) in [7, 11) is 0. The van der Waals surface area contributed by atoms with Gasteiger partial charge >= 0.3 is 0 Å². The third-order valence-electron chi connectivity index (χ3n) is 2.74. The molecule has 86 valence electrons. The maximum Gasteiger partial charge on any atom is 0.116 e. The molecular formula is C12H13N5. The van der Waals surface area contributed by atoms with E-state index in [-0.39, 0.29) is 0 Å². The Balaban J connectivity index is 2.79. The molecule has 0 saturated carbocycles. The normalized spacial score (nSPS) is 11.2. The molecule has 5 heteroatoms. The van der Waals surface area contributed by atoms with E-state index < -0.39 is 5.54 Å². The van der Waals surface area contributed by atoms with Crippen LogP contribution in [0.25, 0.3) is 21.3 Å². The minimum atomic E-state index is -0.677. The van der Waals surface area contributed by atoms with E-state index in [2.05, 4.69) is 20.0 Å². The molecule has 0 bridgehead atoms. The Kier molecular flexibility index (Phi) is 2.69. The number of aryl methyl sites for hydroxylation is 1. The van der Waals surface area contributed by atoms with E-state index in [1.165, 1.54) is 6.33 Å². The lowest BCUT2D eigenvalue weighted by Gasteiger charge is -2.19. The highest BCUT2D eigenvalue weighted by Gasteiger charge is 2.23. The van der Waals surface area contributed by atoms with Crippen molar-refractivity contribution in [2.24, 2.45) is 5.11 Å². The average molecular weight is 227 g/mol. The molecule has 1 aromatic heterocycles. The summed E-state index contributed by atoms with van der Waals surface area (Å²) in [5.41, 5.74) is 10.7. The van der Waals surface area contributed by atoms with Crippen LogP contribution in [0.15, 0.2) is 29.6 Å². The molecule has 0 atom stereocenters. The van der Waals surface area contributed by atoms with Gasteiger partial charge in [-0.1, -0.05) is 23.3 Å². The lowest BCUT2D eigenvalue weighted by atomic mass is 9.96. The van der Waals surface area contributed by atoms with Crippen LogP contribution in [0.3, 0.4) is 0 Å². The maximum atomic E-state index is 8.60. The Morgan fingerprint density at radius 2 is 2.06 bits per heavy atom. The van der Waals surface area contributed by atoms with Crippen LogP contribution >= 0.6 is 0 Å². The fourth-order valence-electron chi connectivity index (χ4n) is 1.88. The first kappa shape index (κ1) is 11.4. The van der Waals surface area contributed by atoms with Crippen LogP contribution in [0, 0.1) is 6.92 Å². The van der Waals surface area contributed by atoms with Gasteiger partial charge in [-0.05, 0) is 31.9 Å². The molecule has 0 fully saturated rings. The van der Waals surface area contributed by atoms with E-state index >= 15 is 0 Å². The molecule has 1 heterocycles. The Bertz CT molecular complexity index is 611. The van der Waals surface area contributed by atoms with Gasteiger partial charge in [0.15, 0.2) is 0 Å². The van der Waals surface area contributed by atoms with Gasteiger partial charge in [-0.15, -0.1) is 0 Å². The summed E-state index contributed by atoms with van der Waals surface area (Å²) in [6.07, 6.45) is 1.51. The minimum Gasteiger partial charge on any atom is -0.240 e. The number of para-hydroxylation sites is 1. The number of fused-ring (bicyclic) bond motifs is 1. The first-order valence-corrected chi connectivity index (χ1v) is 5.33. The van der Waals surface area contributed by atoms with Crippen LogP contribution in [0.2, 0.25) is 0 Å². The summed E-state index contributed by atoms with van der Waals surface area (Å²) >= 11 is 0. The number of azide groups is 1. The van der Waals surface area contributed by atoms with Crippen molar-refractivity contribution in [3.63, 3.8) is 0 Å². The summed E-state index contributed by atoms with van der Waals surface area (Å²) in [5.74, 6) is 0. The number of aromatic nitrogens is 2. The number of hydrogen-bond donors (Lipinski definition) is 0. The van der Waals surface area contributed by atoms with Crippen molar-refractivity contribution < 1.29 is 0 Å². The molecule has 0 unspecified atom stereocenters. The summed E-state index contributed by atoms with van der Waals surface area (Å²) < 4.78 is 0. The van der Waals surface area contributed by atoms with Gasteiger partial charge in [0.25, 0.3) is 0 Å². The second-order valence-corrected chi connectivity index (χ2v) is 4.44. The number of benzene rings is 1. The molecule has 2 aromatic rings. The summed E-state index contributed by atoms with van der Waals surface area (Å²) in [5, 5.41) is 4.73. The fourth-order valence-corrected chi connectivity index (χ4v) is 1.88. The minimum absolute atomic E-state index is 0.677. The van der Waals surface area contributed by atoms with Gasteiger partial charge in [0.2, 0.25) is 0 Å².